The molecule has 1 N–H and O–H groups in total. The van der Waals surface area contributed by atoms with Crippen LogP contribution in [0.4, 0.5) is 0 Å². The van der Waals surface area contributed by atoms with E-state index in [1.807, 2.05) is 0 Å². The van der Waals surface area contributed by atoms with Crippen molar-refractivity contribution < 1.29 is 35.7 Å². The van der Waals surface area contributed by atoms with Crippen LogP contribution in [0.25, 0.3) is 0 Å². The molecular formula is C8H19O3PSTi. The van der Waals surface area contributed by atoms with Crippen molar-refractivity contribution in [2.45, 2.75) is 39.5 Å². The Labute approximate surface area is 107 Å². The smallest absolute Gasteiger partial charge is 0.324 e. The third-order valence-corrected chi connectivity index (χ3v) is 3.15. The molecule has 14 heavy (non-hydrogen) atoms. The van der Waals surface area contributed by atoms with Gasteiger partial charge in [0.1, 0.15) is 0 Å². The summed E-state index contributed by atoms with van der Waals surface area (Å²) in [6.07, 6.45) is 3.89. The van der Waals surface area contributed by atoms with E-state index in [1.165, 1.54) is 0 Å². The van der Waals surface area contributed by atoms with Gasteiger partial charge in [-0.2, -0.15) is 0 Å². The summed E-state index contributed by atoms with van der Waals surface area (Å²) in [4.78, 5) is 9.45. The van der Waals surface area contributed by atoms with Gasteiger partial charge in [-0.3, -0.25) is 0 Å². The van der Waals surface area contributed by atoms with E-state index in [2.05, 4.69) is 13.8 Å². The van der Waals surface area contributed by atoms with Gasteiger partial charge in [-0.05, 0) is 24.6 Å². The molecule has 0 atom stereocenters. The fourth-order valence-corrected chi connectivity index (χ4v) is 1.93. The van der Waals surface area contributed by atoms with Gasteiger partial charge < -0.3 is 13.9 Å². The van der Waals surface area contributed by atoms with Crippen LogP contribution in [0.2, 0.25) is 0 Å². The van der Waals surface area contributed by atoms with E-state index in [1.54, 1.807) is 0 Å². The van der Waals surface area contributed by atoms with Crippen LogP contribution in [0.1, 0.15) is 39.5 Å². The summed E-state index contributed by atoms with van der Waals surface area (Å²) >= 11 is 4.79. The second kappa shape index (κ2) is 10.8. The van der Waals surface area contributed by atoms with E-state index in [0.717, 1.165) is 25.7 Å². The summed E-state index contributed by atoms with van der Waals surface area (Å²) in [6.45, 7) is 2.19. The molecule has 0 spiro atoms. The Hall–Kier alpha value is 1.24. The molecule has 0 aliphatic carbocycles. The molecule has 0 heterocycles. The van der Waals surface area contributed by atoms with Gasteiger partial charge in [0.25, 0.3) is 0 Å². The van der Waals surface area contributed by atoms with Crippen LogP contribution >= 0.6 is 6.72 Å². The Kier molecular flexibility index (Phi) is 13.5. The van der Waals surface area contributed by atoms with Crippen molar-refractivity contribution in [3.63, 3.8) is 0 Å². The second-order valence-electron chi connectivity index (χ2n) is 2.84. The average Bonchev–Trinajstić information content (AvgIpc) is 2.05. The predicted molar refractivity (Wildman–Crippen MR) is 58.2 cm³/mol. The molecule has 0 saturated heterocycles. The summed E-state index contributed by atoms with van der Waals surface area (Å²) < 4.78 is 10.2. The number of hydrogen-bond acceptors (Lipinski definition) is 3. The molecule has 0 aliphatic heterocycles. The van der Waals surface area contributed by atoms with E-state index in [4.69, 9.17) is 20.9 Å². The number of hydrogen-bond donors (Lipinski definition) is 1. The fourth-order valence-electron chi connectivity index (χ4n) is 0.686. The normalized spacial score (nSPS) is 11.1. The topological polar surface area (TPSA) is 38.7 Å². The molecule has 0 amide bonds. The Bertz CT molecular complexity index is 155. The zero-order chi connectivity index (χ0) is 10.2. The monoisotopic (exact) mass is 274 g/mol. The summed E-state index contributed by atoms with van der Waals surface area (Å²) in [7, 11) is 0. The van der Waals surface area contributed by atoms with Crippen LogP contribution in [0.15, 0.2) is 0 Å². The quantitative estimate of drug-likeness (QED) is 0.419. The van der Waals surface area contributed by atoms with Crippen molar-refractivity contribution in [1.82, 2.24) is 0 Å². The molecular weight excluding hydrogens is 255 g/mol. The standard InChI is InChI=1S/C8H19O3PS.Ti/c1-3-5-7-10-12(9,13)11-8-6-4-2;/h3-8H2,1-2H3,(H,9,13);. The Morgan fingerprint density at radius 1 is 1.07 bits per heavy atom. The van der Waals surface area contributed by atoms with E-state index >= 15 is 0 Å². The van der Waals surface area contributed by atoms with Crippen LogP contribution < -0.4 is 0 Å². The Morgan fingerprint density at radius 3 is 1.71 bits per heavy atom. The first-order valence-electron chi connectivity index (χ1n) is 4.74. The minimum atomic E-state index is -2.92. The van der Waals surface area contributed by atoms with Crippen LogP contribution in [0, 0.1) is 0 Å². The summed E-state index contributed by atoms with van der Waals surface area (Å²) in [5.41, 5.74) is 0. The van der Waals surface area contributed by atoms with Gasteiger partial charge in [-0.25, -0.2) is 0 Å². The zero-order valence-electron chi connectivity index (χ0n) is 8.86. The first-order valence-corrected chi connectivity index (χ1v) is 7.33. The maximum atomic E-state index is 9.45. The third kappa shape index (κ3) is 11.3. The van der Waals surface area contributed by atoms with Crippen molar-refractivity contribution in [2.24, 2.45) is 0 Å². The van der Waals surface area contributed by atoms with Crippen LogP contribution in [0.5, 0.6) is 0 Å². The van der Waals surface area contributed by atoms with Gasteiger partial charge in [0.15, 0.2) is 0 Å². The van der Waals surface area contributed by atoms with E-state index in [0.29, 0.717) is 13.2 Å². The van der Waals surface area contributed by atoms with E-state index < -0.39 is 6.72 Å². The van der Waals surface area contributed by atoms with E-state index in [-0.39, 0.29) is 21.7 Å². The SMILES string of the molecule is CCCCOP(O)(=S)OCCCC.[Ti]. The molecule has 0 aromatic rings. The van der Waals surface area contributed by atoms with Crippen molar-refractivity contribution in [2.75, 3.05) is 13.2 Å². The molecule has 0 unspecified atom stereocenters. The summed E-state index contributed by atoms with van der Waals surface area (Å²) in [6, 6.07) is 0. The molecule has 0 bridgehead atoms. The molecule has 0 aromatic heterocycles. The van der Waals surface area contributed by atoms with Crippen LogP contribution in [-0.4, -0.2) is 18.1 Å². The molecule has 84 valence electrons. The predicted octanol–water partition coefficient (Wildman–Crippen LogP) is 2.83. The van der Waals surface area contributed by atoms with Gasteiger partial charge in [0.2, 0.25) is 0 Å². The molecule has 0 aromatic carbocycles. The van der Waals surface area contributed by atoms with Crippen molar-refractivity contribution in [3.05, 3.63) is 0 Å². The minimum Gasteiger partial charge on any atom is -0.324 e. The number of rotatable bonds is 8. The molecule has 6 heteroatoms. The Balaban J connectivity index is 0. The van der Waals surface area contributed by atoms with Crippen molar-refractivity contribution >= 4 is 18.5 Å². The van der Waals surface area contributed by atoms with Crippen LogP contribution in [-0.2, 0) is 42.6 Å². The molecule has 0 aliphatic rings. The Morgan fingerprint density at radius 2 is 1.43 bits per heavy atom. The molecule has 0 fully saturated rings. The number of unbranched alkanes of at least 4 members (excludes halogenated alkanes) is 2. The van der Waals surface area contributed by atoms with Gasteiger partial charge in [-0.1, -0.05) is 26.7 Å². The van der Waals surface area contributed by atoms with Crippen molar-refractivity contribution in [3.8, 4) is 0 Å². The fraction of sp³-hybridized carbons (Fsp3) is 1.00. The molecule has 0 radical (unpaired) electrons. The first-order chi connectivity index (χ1) is 6.12. The van der Waals surface area contributed by atoms with E-state index in [9.17, 15) is 4.89 Å². The largest absolute Gasteiger partial charge is 0.324 e. The summed E-state index contributed by atoms with van der Waals surface area (Å²) in [5.74, 6) is 0. The minimum absolute atomic E-state index is 0. The van der Waals surface area contributed by atoms with Gasteiger partial charge >= 0.3 is 6.72 Å². The maximum Gasteiger partial charge on any atom is 0.324 e. The van der Waals surface area contributed by atoms with Crippen molar-refractivity contribution in [1.29, 1.82) is 0 Å². The average molecular weight is 274 g/mol. The first kappa shape index (κ1) is 17.6. The van der Waals surface area contributed by atoms with Gasteiger partial charge in [0, 0.05) is 21.7 Å². The maximum absolute atomic E-state index is 9.45. The van der Waals surface area contributed by atoms with Gasteiger partial charge in [-0.15, -0.1) is 0 Å². The van der Waals surface area contributed by atoms with Crippen LogP contribution in [0.3, 0.4) is 0 Å². The summed E-state index contributed by atoms with van der Waals surface area (Å²) in [5, 5.41) is 0. The molecule has 3 nitrogen and oxygen atoms in total. The molecule has 0 saturated carbocycles. The zero-order valence-corrected chi connectivity index (χ0v) is 12.1. The second-order valence-corrected chi connectivity index (χ2v) is 5.68. The molecule has 0 rings (SSSR count). The van der Waals surface area contributed by atoms with Gasteiger partial charge in [0.05, 0.1) is 13.2 Å². The third-order valence-electron chi connectivity index (χ3n) is 1.50.